The van der Waals surface area contributed by atoms with Gasteiger partial charge in [-0.2, -0.15) is 18.2 Å². The van der Waals surface area contributed by atoms with Crippen LogP contribution in [-0.4, -0.2) is 38.2 Å². The SMILES string of the molecule is CC1=CC(C(F)(F)F)NN1c1nc(Nc2cc(C)cc(C)c2)ncc1-c1cncc(C(=O)O)c1. The van der Waals surface area contributed by atoms with Gasteiger partial charge >= 0.3 is 12.1 Å². The van der Waals surface area contributed by atoms with E-state index in [4.69, 9.17) is 0 Å². The van der Waals surface area contributed by atoms with Gasteiger partial charge in [-0.1, -0.05) is 6.07 Å². The minimum absolute atomic E-state index is 0.0734. The van der Waals surface area contributed by atoms with Crippen LogP contribution in [0.1, 0.15) is 28.4 Å². The Hall–Kier alpha value is -3.99. The third-order valence-electron chi connectivity index (χ3n) is 5.14. The number of allylic oxidation sites excluding steroid dienone is 1. The van der Waals surface area contributed by atoms with E-state index >= 15 is 0 Å². The molecule has 0 aliphatic carbocycles. The molecule has 0 spiro atoms. The number of rotatable bonds is 5. The lowest BCUT2D eigenvalue weighted by molar-refractivity contribution is -0.142. The molecule has 3 aromatic rings. The fraction of sp³-hybridized carbons (Fsp3) is 0.217. The van der Waals surface area contributed by atoms with Crippen molar-refractivity contribution in [2.45, 2.75) is 33.0 Å². The van der Waals surface area contributed by atoms with Gasteiger partial charge in [-0.3, -0.25) is 9.99 Å². The van der Waals surface area contributed by atoms with Gasteiger partial charge in [-0.05, 0) is 56.2 Å². The van der Waals surface area contributed by atoms with E-state index < -0.39 is 18.2 Å². The molecule has 0 fully saturated rings. The molecule has 34 heavy (non-hydrogen) atoms. The first-order chi connectivity index (χ1) is 16.0. The number of carboxylic acids is 1. The lowest BCUT2D eigenvalue weighted by atomic mass is 10.1. The molecule has 176 valence electrons. The van der Waals surface area contributed by atoms with Crippen molar-refractivity contribution in [1.29, 1.82) is 0 Å². The molecule has 1 unspecified atom stereocenters. The van der Waals surface area contributed by atoms with Crippen molar-refractivity contribution in [3.63, 3.8) is 0 Å². The zero-order chi connectivity index (χ0) is 24.6. The van der Waals surface area contributed by atoms with Crippen LogP contribution in [0, 0.1) is 13.8 Å². The number of carbonyl (C=O) groups is 1. The Balaban J connectivity index is 1.80. The summed E-state index contributed by atoms with van der Waals surface area (Å²) in [7, 11) is 0. The Morgan fingerprint density at radius 3 is 2.41 bits per heavy atom. The summed E-state index contributed by atoms with van der Waals surface area (Å²) in [6, 6.07) is 5.26. The zero-order valence-corrected chi connectivity index (χ0v) is 18.5. The number of hydrogen-bond acceptors (Lipinski definition) is 7. The number of aryl methyl sites for hydroxylation is 2. The first kappa shape index (κ1) is 23.2. The van der Waals surface area contributed by atoms with Crippen LogP contribution < -0.4 is 15.8 Å². The number of hydrogen-bond donors (Lipinski definition) is 3. The normalized spacial score (nSPS) is 15.9. The highest BCUT2D eigenvalue weighted by molar-refractivity contribution is 5.90. The number of anilines is 3. The highest BCUT2D eigenvalue weighted by atomic mass is 19.4. The predicted octanol–water partition coefficient (Wildman–Crippen LogP) is 4.76. The van der Waals surface area contributed by atoms with E-state index in [1.54, 1.807) is 0 Å². The van der Waals surface area contributed by atoms with E-state index in [9.17, 15) is 23.1 Å². The zero-order valence-electron chi connectivity index (χ0n) is 18.5. The number of benzene rings is 1. The van der Waals surface area contributed by atoms with Crippen molar-refractivity contribution in [1.82, 2.24) is 20.4 Å². The molecule has 0 radical (unpaired) electrons. The van der Waals surface area contributed by atoms with Crippen LogP contribution in [-0.2, 0) is 0 Å². The largest absolute Gasteiger partial charge is 0.478 e. The van der Waals surface area contributed by atoms with Gasteiger partial charge in [0.15, 0.2) is 5.82 Å². The smallest absolute Gasteiger partial charge is 0.409 e. The average molecular weight is 470 g/mol. The van der Waals surface area contributed by atoms with Gasteiger partial charge in [0.05, 0.1) is 5.56 Å². The summed E-state index contributed by atoms with van der Waals surface area (Å²) in [5.41, 5.74) is 6.03. The molecule has 4 rings (SSSR count). The van der Waals surface area contributed by atoms with Gasteiger partial charge in [0.2, 0.25) is 5.95 Å². The van der Waals surface area contributed by atoms with Crippen LogP contribution in [0.4, 0.5) is 30.6 Å². The maximum Gasteiger partial charge on any atom is 0.409 e. The quantitative estimate of drug-likeness (QED) is 0.491. The fourth-order valence-corrected chi connectivity index (χ4v) is 3.68. The molecular formula is C23H21F3N6O2. The molecule has 11 heteroatoms. The van der Waals surface area contributed by atoms with Crippen molar-refractivity contribution in [3.8, 4) is 11.1 Å². The molecule has 1 aromatic carbocycles. The van der Waals surface area contributed by atoms with Gasteiger partial charge in [-0.25, -0.2) is 15.2 Å². The number of pyridine rings is 1. The fourth-order valence-electron chi connectivity index (χ4n) is 3.68. The number of aromatic carboxylic acids is 1. The lowest BCUT2D eigenvalue weighted by Crippen LogP contribution is -2.45. The lowest BCUT2D eigenvalue weighted by Gasteiger charge is -2.25. The molecule has 1 aliphatic rings. The second-order valence-corrected chi connectivity index (χ2v) is 7.99. The monoisotopic (exact) mass is 470 g/mol. The average Bonchev–Trinajstić information content (AvgIpc) is 3.15. The van der Waals surface area contributed by atoms with E-state index in [0.717, 1.165) is 22.9 Å². The van der Waals surface area contributed by atoms with E-state index in [1.165, 1.54) is 36.6 Å². The van der Waals surface area contributed by atoms with Crippen molar-refractivity contribution in [2.75, 3.05) is 10.3 Å². The topological polar surface area (TPSA) is 103 Å². The molecule has 8 nitrogen and oxygen atoms in total. The van der Waals surface area contributed by atoms with Gasteiger partial charge in [0.1, 0.15) is 6.04 Å². The minimum Gasteiger partial charge on any atom is -0.478 e. The van der Waals surface area contributed by atoms with Crippen LogP contribution in [0.5, 0.6) is 0 Å². The van der Waals surface area contributed by atoms with Crippen LogP contribution >= 0.6 is 0 Å². The van der Waals surface area contributed by atoms with Crippen molar-refractivity contribution < 1.29 is 23.1 Å². The van der Waals surface area contributed by atoms with Gasteiger partial charge in [0, 0.05) is 41.1 Å². The number of alkyl halides is 3. The summed E-state index contributed by atoms with van der Waals surface area (Å²) in [6.07, 6.45) is 0.554. The van der Waals surface area contributed by atoms with E-state index in [-0.39, 0.29) is 23.0 Å². The first-order valence-corrected chi connectivity index (χ1v) is 10.2. The summed E-state index contributed by atoms with van der Waals surface area (Å²) >= 11 is 0. The Kier molecular flexibility index (Phi) is 5.96. The van der Waals surface area contributed by atoms with Crippen LogP contribution in [0.25, 0.3) is 11.1 Å². The summed E-state index contributed by atoms with van der Waals surface area (Å²) in [5, 5.41) is 13.6. The molecular weight excluding hydrogens is 449 g/mol. The first-order valence-electron chi connectivity index (χ1n) is 10.2. The summed E-state index contributed by atoms with van der Waals surface area (Å²) < 4.78 is 40.1. The number of nitrogens with one attached hydrogen (secondary N) is 2. The maximum absolute atomic E-state index is 13.4. The number of nitrogens with zero attached hydrogens (tertiary/aromatic N) is 4. The van der Waals surface area contributed by atoms with Gasteiger partial charge in [-0.15, -0.1) is 0 Å². The second-order valence-electron chi connectivity index (χ2n) is 7.99. The molecule has 0 saturated heterocycles. The Morgan fingerprint density at radius 2 is 1.79 bits per heavy atom. The molecule has 0 amide bonds. The molecule has 0 bridgehead atoms. The number of halogens is 3. The van der Waals surface area contributed by atoms with Crippen LogP contribution in [0.3, 0.4) is 0 Å². The maximum atomic E-state index is 13.4. The minimum atomic E-state index is -4.51. The molecule has 1 atom stereocenters. The molecule has 0 saturated carbocycles. The Bertz CT molecular complexity index is 1270. The van der Waals surface area contributed by atoms with Crippen LogP contribution in [0.2, 0.25) is 0 Å². The van der Waals surface area contributed by atoms with Crippen molar-refractivity contribution in [3.05, 3.63) is 71.3 Å². The molecule has 1 aliphatic heterocycles. The summed E-state index contributed by atoms with van der Waals surface area (Å²) in [5.74, 6) is -0.902. The number of hydrazine groups is 1. The third-order valence-corrected chi connectivity index (χ3v) is 5.14. The summed E-state index contributed by atoms with van der Waals surface area (Å²) in [4.78, 5) is 24.2. The number of carboxylic acid groups (broad SMARTS) is 1. The summed E-state index contributed by atoms with van der Waals surface area (Å²) in [6.45, 7) is 5.40. The van der Waals surface area contributed by atoms with Gasteiger partial charge < -0.3 is 10.4 Å². The molecule has 2 aromatic heterocycles. The van der Waals surface area contributed by atoms with Gasteiger partial charge in [0.25, 0.3) is 0 Å². The highest BCUT2D eigenvalue weighted by Gasteiger charge is 2.43. The van der Waals surface area contributed by atoms with E-state index in [2.05, 4.69) is 25.7 Å². The van der Waals surface area contributed by atoms with Crippen LogP contribution in [0.15, 0.2) is 54.6 Å². The third kappa shape index (κ3) is 4.84. The van der Waals surface area contributed by atoms with Crippen molar-refractivity contribution in [2.24, 2.45) is 0 Å². The predicted molar refractivity (Wildman–Crippen MR) is 121 cm³/mol. The second kappa shape index (κ2) is 8.75. The highest BCUT2D eigenvalue weighted by Crippen LogP contribution is 2.35. The Morgan fingerprint density at radius 1 is 1.09 bits per heavy atom. The number of aromatic nitrogens is 3. The molecule has 3 N–H and O–H groups in total. The standard InChI is InChI=1S/C23H21F3N6O2/c1-12-4-13(2)6-17(5-12)29-22-28-11-18(15-8-16(21(33)34)10-27-9-15)20(30-22)32-14(3)7-19(31-32)23(24,25)26/h4-11,19,31H,1-3H3,(H,33,34)(H,28,29,30). The van der Waals surface area contributed by atoms with Crippen molar-refractivity contribution >= 4 is 23.4 Å². The van der Waals surface area contributed by atoms with E-state index in [1.807, 2.05) is 32.0 Å². The van der Waals surface area contributed by atoms with E-state index in [0.29, 0.717) is 11.1 Å². The Labute approximate surface area is 193 Å². The molecule has 3 heterocycles.